The summed E-state index contributed by atoms with van der Waals surface area (Å²) in [6.07, 6.45) is 0. The van der Waals surface area contributed by atoms with Crippen LogP contribution in [0.1, 0.15) is 0 Å². The molecule has 0 aromatic carbocycles. The zero-order valence-electron chi connectivity index (χ0n) is 1.46. The van der Waals surface area contributed by atoms with Crippen molar-refractivity contribution >= 4 is 29.6 Å². The van der Waals surface area contributed by atoms with Gasteiger partial charge in [0.1, 0.15) is 0 Å². The summed E-state index contributed by atoms with van der Waals surface area (Å²) in [5.74, 6) is 0. The molecule has 0 aromatic heterocycles. The van der Waals surface area contributed by atoms with E-state index in [1.165, 1.54) is 0 Å². The third kappa shape index (κ3) is 13.4. The summed E-state index contributed by atoms with van der Waals surface area (Å²) in [5.41, 5.74) is 0. The van der Waals surface area contributed by atoms with Crippen molar-refractivity contribution < 1.29 is 8.78 Å². The van der Waals surface area contributed by atoms with Crippen LogP contribution in [0.15, 0.2) is 0 Å². The molecule has 0 aliphatic carbocycles. The first-order valence-corrected chi connectivity index (χ1v) is 0.535. The SMILES string of the molecule is FCF.[NaH]. The molecule has 0 saturated carbocycles. The molecule has 4 heavy (non-hydrogen) atoms. The first-order chi connectivity index (χ1) is 1.41. The van der Waals surface area contributed by atoms with Gasteiger partial charge in [0.25, 0.3) is 0 Å². The van der Waals surface area contributed by atoms with Crippen molar-refractivity contribution in [3.8, 4) is 0 Å². The summed E-state index contributed by atoms with van der Waals surface area (Å²) < 4.78 is 19.2. The molecule has 0 bridgehead atoms. The fourth-order valence-corrected chi connectivity index (χ4v) is 0. The van der Waals surface area contributed by atoms with Crippen LogP contribution in [0.25, 0.3) is 0 Å². The van der Waals surface area contributed by atoms with E-state index >= 15 is 0 Å². The predicted octanol–water partition coefficient (Wildman–Crippen LogP) is 0.234. The zero-order valence-corrected chi connectivity index (χ0v) is 1.46. The third-order valence-corrected chi connectivity index (χ3v) is 0. The maximum atomic E-state index is 9.62. The molecule has 0 radical (unpaired) electrons. The van der Waals surface area contributed by atoms with E-state index in [2.05, 4.69) is 0 Å². The molecule has 0 heterocycles. The minimum atomic E-state index is -1.75. The normalized spacial score (nSPS) is 4.50. The van der Waals surface area contributed by atoms with Crippen molar-refractivity contribution in [2.75, 3.05) is 6.93 Å². The quantitative estimate of drug-likeness (QED) is 0.362. The van der Waals surface area contributed by atoms with E-state index in [1.54, 1.807) is 0 Å². The molecule has 0 nitrogen and oxygen atoms in total. The van der Waals surface area contributed by atoms with E-state index < -0.39 is 6.93 Å². The molecule has 0 spiro atoms. The second-order valence-electron chi connectivity index (χ2n) is 0.101. The first-order valence-electron chi connectivity index (χ1n) is 0.535. The van der Waals surface area contributed by atoms with E-state index in [0.29, 0.717) is 0 Å². The second kappa shape index (κ2) is 9.13. The van der Waals surface area contributed by atoms with Gasteiger partial charge in [0, 0.05) is 0 Å². The maximum absolute atomic E-state index is 9.62. The summed E-state index contributed by atoms with van der Waals surface area (Å²) in [6, 6.07) is 0. The first kappa shape index (κ1) is 8.85. The van der Waals surface area contributed by atoms with Crippen LogP contribution >= 0.6 is 0 Å². The number of rotatable bonds is 0. The Morgan fingerprint density at radius 1 is 1.25 bits per heavy atom. The Hall–Kier alpha value is 0.860. The summed E-state index contributed by atoms with van der Waals surface area (Å²) in [7, 11) is 0. The summed E-state index contributed by atoms with van der Waals surface area (Å²) in [5, 5.41) is 0. The van der Waals surface area contributed by atoms with Crippen molar-refractivity contribution in [1.82, 2.24) is 0 Å². The zero-order chi connectivity index (χ0) is 2.71. The average Bonchev–Trinajstić information content (AvgIpc) is 0.918. The average molecular weight is 76.0 g/mol. The number of hydrogen-bond donors (Lipinski definition) is 0. The van der Waals surface area contributed by atoms with Crippen molar-refractivity contribution in [1.29, 1.82) is 0 Å². The molecule has 0 rings (SSSR count). The Morgan fingerprint density at radius 3 is 1.25 bits per heavy atom. The Morgan fingerprint density at radius 2 is 1.25 bits per heavy atom. The van der Waals surface area contributed by atoms with Crippen molar-refractivity contribution in [2.45, 2.75) is 0 Å². The van der Waals surface area contributed by atoms with E-state index in [0.717, 1.165) is 0 Å². The van der Waals surface area contributed by atoms with Crippen LogP contribution in [0.3, 0.4) is 0 Å². The Bertz CT molecular complexity index is 6.00. The van der Waals surface area contributed by atoms with Gasteiger partial charge in [0.15, 0.2) is 0 Å². The van der Waals surface area contributed by atoms with Crippen LogP contribution in [0.5, 0.6) is 0 Å². The predicted molar refractivity (Wildman–Crippen MR) is 14.2 cm³/mol. The van der Waals surface area contributed by atoms with Gasteiger partial charge in [-0.15, -0.1) is 0 Å². The van der Waals surface area contributed by atoms with Crippen LogP contribution in [0, 0.1) is 0 Å². The second-order valence-corrected chi connectivity index (χ2v) is 0.101. The molecule has 0 fully saturated rings. The summed E-state index contributed by atoms with van der Waals surface area (Å²) in [6.45, 7) is -1.75. The molecule has 0 saturated heterocycles. The Labute approximate surface area is 45.5 Å². The number of alkyl halides is 2. The van der Waals surface area contributed by atoms with Gasteiger partial charge in [-0.3, -0.25) is 0 Å². The van der Waals surface area contributed by atoms with Crippen molar-refractivity contribution in [3.05, 3.63) is 0 Å². The van der Waals surface area contributed by atoms with E-state index in [9.17, 15) is 8.78 Å². The Kier molecular flexibility index (Phi) is 20.2. The molecule has 0 amide bonds. The summed E-state index contributed by atoms with van der Waals surface area (Å²) >= 11 is 0. The van der Waals surface area contributed by atoms with Crippen molar-refractivity contribution in [3.63, 3.8) is 0 Å². The van der Waals surface area contributed by atoms with Gasteiger partial charge >= 0.3 is 29.6 Å². The molecule has 0 atom stereocenters. The van der Waals surface area contributed by atoms with Crippen LogP contribution in [-0.2, 0) is 0 Å². The fraction of sp³-hybridized carbons (Fsp3) is 1.00. The fourth-order valence-electron chi connectivity index (χ4n) is 0. The molecule has 0 N–H and O–H groups in total. The van der Waals surface area contributed by atoms with Gasteiger partial charge in [-0.2, -0.15) is 0 Å². The number of hydrogen-bond acceptors (Lipinski definition) is 0. The number of halogens is 2. The standard InChI is InChI=1S/CH2F2.Na.H/c2-1-3;;/h1H2;;. The van der Waals surface area contributed by atoms with Crippen molar-refractivity contribution in [2.24, 2.45) is 0 Å². The van der Waals surface area contributed by atoms with Gasteiger partial charge in [0.2, 0.25) is 6.93 Å². The van der Waals surface area contributed by atoms with Crippen LogP contribution in [0.4, 0.5) is 8.78 Å². The minimum absolute atomic E-state index is 0. The molecular formula is CH3F2Na. The van der Waals surface area contributed by atoms with E-state index in [-0.39, 0.29) is 29.6 Å². The Balaban J connectivity index is 0. The third-order valence-electron chi connectivity index (χ3n) is 0. The van der Waals surface area contributed by atoms with Gasteiger partial charge in [0.05, 0.1) is 0 Å². The molecule has 3 heteroatoms. The van der Waals surface area contributed by atoms with Crippen LogP contribution in [-0.4, -0.2) is 36.5 Å². The summed E-state index contributed by atoms with van der Waals surface area (Å²) in [4.78, 5) is 0. The molecule has 22 valence electrons. The van der Waals surface area contributed by atoms with Gasteiger partial charge in [-0.05, 0) is 0 Å². The topological polar surface area (TPSA) is 0 Å². The monoisotopic (exact) mass is 76.0 g/mol. The van der Waals surface area contributed by atoms with Crippen LogP contribution < -0.4 is 0 Å². The molecule has 0 aromatic rings. The molecule has 0 aliphatic heterocycles. The van der Waals surface area contributed by atoms with Crippen LogP contribution in [0.2, 0.25) is 0 Å². The van der Waals surface area contributed by atoms with Gasteiger partial charge < -0.3 is 0 Å². The van der Waals surface area contributed by atoms with Gasteiger partial charge in [-0.1, -0.05) is 0 Å². The molecule has 0 aliphatic rings. The van der Waals surface area contributed by atoms with Gasteiger partial charge in [-0.25, -0.2) is 8.78 Å². The molecule has 0 unspecified atom stereocenters. The molecular weight excluding hydrogens is 73.0 g/mol. The van der Waals surface area contributed by atoms with E-state index in [1.807, 2.05) is 0 Å². The van der Waals surface area contributed by atoms with E-state index in [4.69, 9.17) is 0 Å².